The third-order valence-electron chi connectivity index (χ3n) is 4.53. The van der Waals surface area contributed by atoms with Crippen molar-refractivity contribution < 1.29 is 0 Å². The van der Waals surface area contributed by atoms with Crippen LogP contribution in [0.3, 0.4) is 0 Å². The maximum atomic E-state index is 4.55. The Bertz CT molecular complexity index is 389. The molecule has 0 saturated carbocycles. The molecule has 2 heterocycles. The summed E-state index contributed by atoms with van der Waals surface area (Å²) in [5, 5.41) is 3.48. The molecule has 0 amide bonds. The molecule has 0 aliphatic carbocycles. The molecule has 1 saturated heterocycles. The lowest BCUT2D eigenvalue weighted by molar-refractivity contribution is 0.0821. The van der Waals surface area contributed by atoms with E-state index in [0.29, 0.717) is 0 Å². The fraction of sp³-hybridized carbons (Fsp3) is 0.800. The molecule has 1 fully saturated rings. The van der Waals surface area contributed by atoms with Crippen molar-refractivity contribution in [1.29, 1.82) is 0 Å². The number of aryl methyl sites for hydroxylation is 1. The van der Waals surface area contributed by atoms with Crippen molar-refractivity contribution in [2.75, 3.05) is 20.1 Å². The van der Waals surface area contributed by atoms with E-state index in [1.54, 1.807) is 0 Å². The van der Waals surface area contributed by atoms with E-state index in [9.17, 15) is 0 Å². The van der Waals surface area contributed by atoms with Gasteiger partial charge in [0.25, 0.3) is 0 Å². The van der Waals surface area contributed by atoms with Crippen LogP contribution in [0.25, 0.3) is 0 Å². The van der Waals surface area contributed by atoms with Crippen molar-refractivity contribution in [2.45, 2.75) is 51.1 Å². The van der Waals surface area contributed by atoms with E-state index in [2.05, 4.69) is 40.7 Å². The monoisotopic (exact) mass is 264 g/mol. The Labute approximate surface area is 117 Å². The minimum Gasteiger partial charge on any atom is -0.337 e. The van der Waals surface area contributed by atoms with Gasteiger partial charge in [-0.05, 0) is 46.8 Å². The third kappa shape index (κ3) is 3.00. The predicted octanol–water partition coefficient (Wildman–Crippen LogP) is 2.34. The van der Waals surface area contributed by atoms with Crippen molar-refractivity contribution in [3.05, 3.63) is 18.2 Å². The van der Waals surface area contributed by atoms with Crippen LogP contribution in [0.15, 0.2) is 12.4 Å². The topological polar surface area (TPSA) is 33.1 Å². The number of nitrogens with zero attached hydrogens (tertiary/aromatic N) is 3. The normalized spacial score (nSPS) is 20.2. The highest BCUT2D eigenvalue weighted by molar-refractivity contribution is 5.08. The molecule has 0 radical (unpaired) electrons. The Morgan fingerprint density at radius 3 is 2.32 bits per heavy atom. The Morgan fingerprint density at radius 2 is 1.84 bits per heavy atom. The van der Waals surface area contributed by atoms with Crippen LogP contribution in [-0.4, -0.2) is 40.1 Å². The van der Waals surface area contributed by atoms with Gasteiger partial charge in [-0.2, -0.15) is 0 Å². The van der Waals surface area contributed by atoms with Crippen molar-refractivity contribution in [3.8, 4) is 0 Å². The SMILES string of the molecule is CNC(c1nccn1C)C(C)(C)N1CCCCCC1. The predicted molar refractivity (Wildman–Crippen MR) is 79.1 cm³/mol. The van der Waals surface area contributed by atoms with E-state index in [0.717, 1.165) is 5.82 Å². The lowest BCUT2D eigenvalue weighted by atomic mass is 9.91. The summed E-state index contributed by atoms with van der Waals surface area (Å²) in [4.78, 5) is 7.18. The minimum absolute atomic E-state index is 0.0816. The van der Waals surface area contributed by atoms with Gasteiger partial charge in [-0.3, -0.25) is 4.90 Å². The zero-order chi connectivity index (χ0) is 13.9. The van der Waals surface area contributed by atoms with Crippen LogP contribution in [0.5, 0.6) is 0 Å². The van der Waals surface area contributed by atoms with Gasteiger partial charge in [-0.25, -0.2) is 4.98 Å². The number of rotatable bonds is 4. The van der Waals surface area contributed by atoms with Crippen LogP contribution in [0, 0.1) is 0 Å². The molecule has 1 unspecified atom stereocenters. The molecule has 0 spiro atoms. The Morgan fingerprint density at radius 1 is 1.21 bits per heavy atom. The van der Waals surface area contributed by atoms with Crippen molar-refractivity contribution in [2.24, 2.45) is 7.05 Å². The average molecular weight is 264 g/mol. The van der Waals surface area contributed by atoms with Crippen LogP contribution in [0.2, 0.25) is 0 Å². The maximum Gasteiger partial charge on any atom is 0.127 e. The summed E-state index contributed by atoms with van der Waals surface area (Å²) in [6.45, 7) is 7.09. The summed E-state index contributed by atoms with van der Waals surface area (Å²) < 4.78 is 2.13. The zero-order valence-corrected chi connectivity index (χ0v) is 12.8. The van der Waals surface area contributed by atoms with Crippen LogP contribution in [0.1, 0.15) is 51.4 Å². The van der Waals surface area contributed by atoms with Gasteiger partial charge in [0.2, 0.25) is 0 Å². The molecule has 4 heteroatoms. The van der Waals surface area contributed by atoms with E-state index in [-0.39, 0.29) is 11.6 Å². The number of hydrogen-bond donors (Lipinski definition) is 1. The number of hydrogen-bond acceptors (Lipinski definition) is 3. The van der Waals surface area contributed by atoms with E-state index in [1.165, 1.54) is 38.8 Å². The van der Waals surface area contributed by atoms with Gasteiger partial charge in [-0.15, -0.1) is 0 Å². The lowest BCUT2D eigenvalue weighted by Crippen LogP contribution is -2.53. The first-order chi connectivity index (χ1) is 9.07. The van der Waals surface area contributed by atoms with Crippen molar-refractivity contribution >= 4 is 0 Å². The van der Waals surface area contributed by atoms with E-state index in [4.69, 9.17) is 0 Å². The second-order valence-electron chi connectivity index (χ2n) is 6.17. The summed E-state index contributed by atoms with van der Waals surface area (Å²) in [6.07, 6.45) is 9.30. The van der Waals surface area contributed by atoms with Gasteiger partial charge in [0.05, 0.1) is 6.04 Å². The molecule has 1 aromatic heterocycles. The molecule has 2 rings (SSSR count). The number of aromatic nitrogens is 2. The van der Waals surface area contributed by atoms with Crippen LogP contribution in [-0.2, 0) is 7.05 Å². The van der Waals surface area contributed by atoms with E-state index >= 15 is 0 Å². The highest BCUT2D eigenvalue weighted by atomic mass is 15.2. The summed E-state index contributed by atoms with van der Waals surface area (Å²) in [7, 11) is 4.12. The van der Waals surface area contributed by atoms with Crippen LogP contribution in [0.4, 0.5) is 0 Å². The lowest BCUT2D eigenvalue weighted by Gasteiger charge is -2.43. The summed E-state index contributed by atoms with van der Waals surface area (Å²) in [6, 6.07) is 0.255. The molecular weight excluding hydrogens is 236 g/mol. The van der Waals surface area contributed by atoms with Crippen molar-refractivity contribution in [1.82, 2.24) is 19.8 Å². The van der Waals surface area contributed by atoms with Crippen molar-refractivity contribution in [3.63, 3.8) is 0 Å². The van der Waals surface area contributed by atoms with E-state index in [1.807, 2.05) is 19.4 Å². The number of imidazole rings is 1. The molecule has 4 nitrogen and oxygen atoms in total. The van der Waals surface area contributed by atoms with Gasteiger partial charge in [-0.1, -0.05) is 12.8 Å². The molecule has 1 N–H and O–H groups in total. The standard InChI is InChI=1S/C15H28N4/c1-15(2,19-10-7-5-6-8-11-19)13(16-3)14-17-9-12-18(14)4/h9,12-13,16H,5-8,10-11H2,1-4H3. The second-order valence-corrected chi connectivity index (χ2v) is 6.17. The average Bonchev–Trinajstić information content (AvgIpc) is 2.66. The first-order valence-corrected chi connectivity index (χ1v) is 7.47. The van der Waals surface area contributed by atoms with E-state index < -0.39 is 0 Å². The first-order valence-electron chi connectivity index (χ1n) is 7.47. The largest absolute Gasteiger partial charge is 0.337 e. The molecule has 0 bridgehead atoms. The van der Waals surface area contributed by atoms with Crippen LogP contribution >= 0.6 is 0 Å². The van der Waals surface area contributed by atoms with Gasteiger partial charge < -0.3 is 9.88 Å². The summed E-state index contributed by atoms with van der Waals surface area (Å²) in [5.74, 6) is 1.12. The maximum absolute atomic E-state index is 4.55. The first kappa shape index (κ1) is 14.5. The molecule has 1 atom stereocenters. The molecule has 1 aliphatic heterocycles. The smallest absolute Gasteiger partial charge is 0.127 e. The summed E-state index contributed by atoms with van der Waals surface area (Å²) >= 11 is 0. The number of likely N-dealkylation sites (N-methyl/N-ethyl adjacent to an activating group) is 1. The number of likely N-dealkylation sites (tertiary alicyclic amines) is 1. The Kier molecular flexibility index (Phi) is 4.63. The molecule has 19 heavy (non-hydrogen) atoms. The molecular formula is C15H28N4. The highest BCUT2D eigenvalue weighted by Crippen LogP contribution is 2.31. The minimum atomic E-state index is 0.0816. The van der Waals surface area contributed by atoms with Crippen LogP contribution < -0.4 is 5.32 Å². The highest BCUT2D eigenvalue weighted by Gasteiger charge is 2.37. The fourth-order valence-corrected chi connectivity index (χ4v) is 3.28. The molecule has 1 aliphatic rings. The summed E-state index contributed by atoms with van der Waals surface area (Å²) in [5.41, 5.74) is 0.0816. The van der Waals surface area contributed by atoms with Gasteiger partial charge in [0.15, 0.2) is 0 Å². The number of nitrogens with one attached hydrogen (secondary N) is 1. The quantitative estimate of drug-likeness (QED) is 0.906. The molecule has 0 aromatic carbocycles. The third-order valence-corrected chi connectivity index (χ3v) is 4.53. The molecule has 108 valence electrons. The second kappa shape index (κ2) is 6.06. The Hall–Kier alpha value is -0.870. The fourth-order valence-electron chi connectivity index (χ4n) is 3.28. The zero-order valence-electron chi connectivity index (χ0n) is 12.8. The molecule has 1 aromatic rings. The van der Waals surface area contributed by atoms with Gasteiger partial charge in [0, 0.05) is 25.0 Å². The van der Waals surface area contributed by atoms with Gasteiger partial charge in [0.1, 0.15) is 5.82 Å². The Balaban J connectivity index is 2.22. The van der Waals surface area contributed by atoms with Gasteiger partial charge >= 0.3 is 0 Å².